The zero-order chi connectivity index (χ0) is 13.1. The maximum Gasteiger partial charge on any atom is 0.241 e. The third-order valence-electron chi connectivity index (χ3n) is 4.06. The molecule has 3 unspecified atom stereocenters. The zero-order valence-electron chi connectivity index (χ0n) is 11.1. The average molecular weight is 250 g/mol. The number of nitrogens with zero attached hydrogens (tertiary/aromatic N) is 2. The van der Waals surface area contributed by atoms with Crippen LogP contribution in [0, 0.1) is 11.8 Å². The molecule has 100 valence electrons. The van der Waals surface area contributed by atoms with Crippen LogP contribution in [0.1, 0.15) is 33.1 Å². The van der Waals surface area contributed by atoms with Gasteiger partial charge in [-0.25, -0.2) is 0 Å². The standard InChI is InChI=1S/C13H22N4O/c1-3-10-4-5-11(9(10)2)15-13(18)8-17-7-6-12(14)16-17/h6-7,9-11H,3-5,8H2,1-2H3,(H2,14,16)(H,15,18). The Balaban J connectivity index is 1.85. The van der Waals surface area contributed by atoms with Crippen molar-refractivity contribution in [1.29, 1.82) is 0 Å². The molecule has 1 aliphatic carbocycles. The molecule has 0 saturated heterocycles. The van der Waals surface area contributed by atoms with Crippen molar-refractivity contribution in [3.05, 3.63) is 12.3 Å². The first-order valence-electron chi connectivity index (χ1n) is 6.68. The summed E-state index contributed by atoms with van der Waals surface area (Å²) in [4.78, 5) is 11.9. The lowest BCUT2D eigenvalue weighted by atomic mass is 9.93. The van der Waals surface area contributed by atoms with Crippen molar-refractivity contribution >= 4 is 11.7 Å². The van der Waals surface area contributed by atoms with E-state index in [1.807, 2.05) is 0 Å². The average Bonchev–Trinajstić information content (AvgIpc) is 2.87. The highest BCUT2D eigenvalue weighted by Crippen LogP contribution is 2.33. The number of nitrogen functional groups attached to an aromatic ring is 1. The highest BCUT2D eigenvalue weighted by molar-refractivity contribution is 5.76. The van der Waals surface area contributed by atoms with Gasteiger partial charge in [0.2, 0.25) is 5.91 Å². The number of nitrogens with two attached hydrogens (primary N) is 1. The molecule has 1 saturated carbocycles. The summed E-state index contributed by atoms with van der Waals surface area (Å²) >= 11 is 0. The summed E-state index contributed by atoms with van der Waals surface area (Å²) in [5, 5.41) is 7.12. The molecule has 1 aromatic heterocycles. The van der Waals surface area contributed by atoms with Crippen LogP contribution in [0.15, 0.2) is 12.3 Å². The summed E-state index contributed by atoms with van der Waals surface area (Å²) in [5.41, 5.74) is 5.51. The minimum atomic E-state index is 0.0201. The Hall–Kier alpha value is -1.52. The largest absolute Gasteiger partial charge is 0.382 e. The molecule has 0 bridgehead atoms. The Morgan fingerprint density at radius 2 is 2.39 bits per heavy atom. The summed E-state index contributed by atoms with van der Waals surface area (Å²) in [5.74, 6) is 1.78. The van der Waals surface area contributed by atoms with Gasteiger partial charge in [-0.15, -0.1) is 0 Å². The fraction of sp³-hybridized carbons (Fsp3) is 0.692. The molecule has 3 atom stereocenters. The van der Waals surface area contributed by atoms with Crippen molar-refractivity contribution in [2.24, 2.45) is 11.8 Å². The van der Waals surface area contributed by atoms with Crippen molar-refractivity contribution in [1.82, 2.24) is 15.1 Å². The second-order valence-corrected chi connectivity index (χ2v) is 5.22. The van der Waals surface area contributed by atoms with E-state index in [1.54, 1.807) is 16.9 Å². The summed E-state index contributed by atoms with van der Waals surface area (Å²) < 4.78 is 1.57. The Morgan fingerprint density at radius 3 is 2.94 bits per heavy atom. The Morgan fingerprint density at radius 1 is 1.61 bits per heavy atom. The van der Waals surface area contributed by atoms with E-state index in [2.05, 4.69) is 24.3 Å². The monoisotopic (exact) mass is 250 g/mol. The van der Waals surface area contributed by atoms with Crippen LogP contribution in [0.3, 0.4) is 0 Å². The summed E-state index contributed by atoms with van der Waals surface area (Å²) in [6, 6.07) is 2.01. The van der Waals surface area contributed by atoms with Crippen LogP contribution >= 0.6 is 0 Å². The molecule has 0 radical (unpaired) electrons. The lowest BCUT2D eigenvalue weighted by Crippen LogP contribution is -2.39. The van der Waals surface area contributed by atoms with Crippen molar-refractivity contribution in [3.63, 3.8) is 0 Å². The first-order chi connectivity index (χ1) is 8.60. The zero-order valence-corrected chi connectivity index (χ0v) is 11.1. The van der Waals surface area contributed by atoms with Gasteiger partial charge in [-0.2, -0.15) is 5.10 Å². The third kappa shape index (κ3) is 2.83. The summed E-state index contributed by atoms with van der Waals surface area (Å²) in [7, 11) is 0. The SMILES string of the molecule is CCC1CCC(NC(=O)Cn2ccc(N)n2)C1C. The summed E-state index contributed by atoms with van der Waals surface area (Å²) in [6.07, 6.45) is 5.23. The maximum atomic E-state index is 11.9. The van der Waals surface area contributed by atoms with Gasteiger partial charge >= 0.3 is 0 Å². The minimum absolute atomic E-state index is 0.0201. The molecular formula is C13H22N4O. The van der Waals surface area contributed by atoms with E-state index < -0.39 is 0 Å². The molecule has 0 spiro atoms. The van der Waals surface area contributed by atoms with E-state index in [9.17, 15) is 4.79 Å². The molecule has 5 heteroatoms. The summed E-state index contributed by atoms with van der Waals surface area (Å²) in [6.45, 7) is 4.70. The minimum Gasteiger partial charge on any atom is -0.382 e. The number of hydrogen-bond acceptors (Lipinski definition) is 3. The number of rotatable bonds is 4. The van der Waals surface area contributed by atoms with Crippen molar-refractivity contribution in [2.75, 3.05) is 5.73 Å². The second kappa shape index (κ2) is 5.42. The molecular weight excluding hydrogens is 228 g/mol. The van der Waals surface area contributed by atoms with Gasteiger partial charge in [0.05, 0.1) is 0 Å². The number of carbonyl (C=O) groups is 1. The number of hydrogen-bond donors (Lipinski definition) is 2. The molecule has 1 aliphatic rings. The second-order valence-electron chi connectivity index (χ2n) is 5.22. The molecule has 0 aromatic carbocycles. The molecule has 1 heterocycles. The van der Waals surface area contributed by atoms with Crippen LogP contribution in [0.5, 0.6) is 0 Å². The Kier molecular flexibility index (Phi) is 3.89. The van der Waals surface area contributed by atoms with Gasteiger partial charge in [0, 0.05) is 12.2 Å². The van der Waals surface area contributed by atoms with Crippen molar-refractivity contribution in [2.45, 2.75) is 45.7 Å². The van der Waals surface area contributed by atoms with E-state index in [-0.39, 0.29) is 12.5 Å². The fourth-order valence-corrected chi connectivity index (χ4v) is 2.89. The first-order valence-corrected chi connectivity index (χ1v) is 6.68. The maximum absolute atomic E-state index is 11.9. The number of nitrogens with one attached hydrogen (secondary N) is 1. The Labute approximate surface area is 108 Å². The van der Waals surface area contributed by atoms with Crippen LogP contribution in [0.25, 0.3) is 0 Å². The molecule has 0 aliphatic heterocycles. The number of amides is 1. The highest BCUT2D eigenvalue weighted by atomic mass is 16.2. The number of aromatic nitrogens is 2. The van der Waals surface area contributed by atoms with Crippen molar-refractivity contribution < 1.29 is 4.79 Å². The van der Waals surface area contributed by atoms with Gasteiger partial charge in [0.15, 0.2) is 0 Å². The van der Waals surface area contributed by atoms with Gasteiger partial charge in [-0.1, -0.05) is 20.3 Å². The number of carbonyl (C=O) groups excluding carboxylic acids is 1. The molecule has 2 rings (SSSR count). The molecule has 1 fully saturated rings. The van der Waals surface area contributed by atoms with E-state index in [0.29, 0.717) is 17.8 Å². The van der Waals surface area contributed by atoms with Crippen LogP contribution in [0.4, 0.5) is 5.82 Å². The van der Waals surface area contributed by atoms with Crippen LogP contribution in [-0.2, 0) is 11.3 Å². The normalized spacial score (nSPS) is 27.3. The van der Waals surface area contributed by atoms with Crippen LogP contribution in [-0.4, -0.2) is 21.7 Å². The predicted octanol–water partition coefficient (Wildman–Crippen LogP) is 1.41. The quantitative estimate of drug-likeness (QED) is 0.848. The molecule has 1 amide bonds. The molecule has 3 N–H and O–H groups in total. The van der Waals surface area contributed by atoms with E-state index in [1.165, 1.54) is 12.8 Å². The van der Waals surface area contributed by atoms with E-state index in [0.717, 1.165) is 12.3 Å². The highest BCUT2D eigenvalue weighted by Gasteiger charge is 2.32. The molecule has 18 heavy (non-hydrogen) atoms. The van der Waals surface area contributed by atoms with E-state index >= 15 is 0 Å². The Bertz CT molecular complexity index is 415. The lowest BCUT2D eigenvalue weighted by molar-refractivity contribution is -0.122. The van der Waals surface area contributed by atoms with E-state index in [4.69, 9.17) is 5.73 Å². The first kappa shape index (κ1) is 12.9. The van der Waals surface area contributed by atoms with Crippen LogP contribution in [0.2, 0.25) is 0 Å². The lowest BCUT2D eigenvalue weighted by Gasteiger charge is -2.20. The smallest absolute Gasteiger partial charge is 0.241 e. The van der Waals surface area contributed by atoms with Gasteiger partial charge in [-0.05, 0) is 30.7 Å². The van der Waals surface area contributed by atoms with Gasteiger partial charge < -0.3 is 11.1 Å². The predicted molar refractivity (Wildman–Crippen MR) is 70.7 cm³/mol. The number of anilines is 1. The van der Waals surface area contributed by atoms with Gasteiger partial charge in [0.25, 0.3) is 0 Å². The van der Waals surface area contributed by atoms with Gasteiger partial charge in [0.1, 0.15) is 12.4 Å². The van der Waals surface area contributed by atoms with Crippen molar-refractivity contribution in [3.8, 4) is 0 Å². The topological polar surface area (TPSA) is 72.9 Å². The fourth-order valence-electron chi connectivity index (χ4n) is 2.89. The van der Waals surface area contributed by atoms with Gasteiger partial charge in [-0.3, -0.25) is 9.48 Å². The molecule has 5 nitrogen and oxygen atoms in total. The molecule has 1 aromatic rings. The third-order valence-corrected chi connectivity index (χ3v) is 4.06. The van der Waals surface area contributed by atoms with Crippen LogP contribution < -0.4 is 11.1 Å².